The fourth-order valence-electron chi connectivity index (χ4n) is 2.78. The van der Waals surface area contributed by atoms with Gasteiger partial charge in [0.25, 0.3) is 0 Å². The minimum Gasteiger partial charge on any atom is -0.486 e. The van der Waals surface area contributed by atoms with Crippen LogP contribution in [-0.2, 0) is 6.54 Å². The van der Waals surface area contributed by atoms with E-state index in [1.54, 1.807) is 0 Å². The van der Waals surface area contributed by atoms with Crippen LogP contribution in [0.5, 0.6) is 5.75 Å². The molecule has 2 atom stereocenters. The van der Waals surface area contributed by atoms with Crippen molar-refractivity contribution in [3.63, 3.8) is 0 Å². The minimum atomic E-state index is -0.436. The Labute approximate surface area is 125 Å². The molecule has 3 rings (SSSR count). The first-order chi connectivity index (χ1) is 10.2. The van der Waals surface area contributed by atoms with Crippen molar-refractivity contribution in [1.82, 2.24) is 4.90 Å². The number of hydrogen-bond acceptors (Lipinski definition) is 3. The molecule has 3 heteroatoms. The molecule has 2 aromatic carbocycles. The molecule has 0 radical (unpaired) electrons. The number of hydrogen-bond donors (Lipinski definition) is 1. The normalized spacial score (nSPS) is 22.4. The third kappa shape index (κ3) is 3.63. The first-order valence-electron chi connectivity index (χ1n) is 7.38. The fraction of sp³-hybridized carbons (Fsp3) is 0.333. The molecule has 2 aromatic rings. The lowest BCUT2D eigenvalue weighted by atomic mass is 10.2. The summed E-state index contributed by atoms with van der Waals surface area (Å²) >= 11 is 0. The zero-order valence-electron chi connectivity index (χ0n) is 12.3. The van der Waals surface area contributed by atoms with Crippen molar-refractivity contribution in [2.24, 2.45) is 0 Å². The summed E-state index contributed by atoms with van der Waals surface area (Å²) < 4.78 is 5.94. The number of likely N-dealkylation sites (tertiary alicyclic amines) is 1. The van der Waals surface area contributed by atoms with Gasteiger partial charge in [0, 0.05) is 19.6 Å². The molecule has 0 amide bonds. The van der Waals surface area contributed by atoms with Gasteiger partial charge in [0.2, 0.25) is 0 Å². The lowest BCUT2D eigenvalue weighted by Gasteiger charge is -2.17. The van der Waals surface area contributed by atoms with Gasteiger partial charge in [-0.2, -0.15) is 0 Å². The highest BCUT2D eigenvalue weighted by atomic mass is 16.5. The first kappa shape index (κ1) is 14.1. The van der Waals surface area contributed by atoms with Gasteiger partial charge in [0.1, 0.15) is 18.0 Å². The third-order valence-electron chi connectivity index (χ3n) is 3.84. The second-order valence-corrected chi connectivity index (χ2v) is 5.72. The maximum atomic E-state index is 10.2. The predicted octanol–water partition coefficient (Wildman–Crippen LogP) is 2.62. The van der Waals surface area contributed by atoms with Crippen LogP contribution in [0.3, 0.4) is 0 Å². The summed E-state index contributed by atoms with van der Waals surface area (Å²) in [5, 5.41) is 10.2. The molecular weight excluding hydrogens is 262 g/mol. The Kier molecular flexibility index (Phi) is 4.23. The molecule has 0 bridgehead atoms. The Hall–Kier alpha value is -1.84. The lowest BCUT2D eigenvalue weighted by molar-refractivity contribution is 0.0736. The predicted molar refractivity (Wildman–Crippen MR) is 83.3 cm³/mol. The Morgan fingerprint density at radius 1 is 1.10 bits per heavy atom. The molecule has 0 unspecified atom stereocenters. The van der Waals surface area contributed by atoms with E-state index in [-0.39, 0.29) is 6.10 Å². The number of aliphatic hydroxyl groups excluding tert-OH is 1. The summed E-state index contributed by atoms with van der Waals surface area (Å²) in [7, 11) is 0. The average molecular weight is 283 g/mol. The van der Waals surface area contributed by atoms with Gasteiger partial charge in [-0.25, -0.2) is 0 Å². The third-order valence-corrected chi connectivity index (χ3v) is 3.84. The number of aliphatic hydroxyl groups is 1. The molecule has 1 fully saturated rings. The van der Waals surface area contributed by atoms with Crippen LogP contribution >= 0.6 is 0 Å². The topological polar surface area (TPSA) is 32.7 Å². The largest absolute Gasteiger partial charge is 0.486 e. The highest BCUT2D eigenvalue weighted by Crippen LogP contribution is 2.21. The zero-order valence-corrected chi connectivity index (χ0v) is 12.3. The zero-order chi connectivity index (χ0) is 14.7. The van der Waals surface area contributed by atoms with Gasteiger partial charge >= 0.3 is 0 Å². The van der Waals surface area contributed by atoms with Crippen molar-refractivity contribution in [2.75, 3.05) is 13.1 Å². The van der Waals surface area contributed by atoms with Crippen LogP contribution in [0, 0.1) is 6.92 Å². The summed E-state index contributed by atoms with van der Waals surface area (Å²) in [6.45, 7) is 4.31. The van der Waals surface area contributed by atoms with Crippen molar-refractivity contribution in [2.45, 2.75) is 25.7 Å². The van der Waals surface area contributed by atoms with E-state index in [2.05, 4.69) is 17.0 Å². The SMILES string of the molecule is Cc1cccc(O[C@H]2CN(Cc3ccccc3)C[C@@H]2O)c1. The van der Waals surface area contributed by atoms with Gasteiger partial charge in [0.15, 0.2) is 0 Å². The Morgan fingerprint density at radius 2 is 1.90 bits per heavy atom. The molecule has 0 spiro atoms. The number of β-amino-alcohol motifs (C(OH)–C–C–N with tert-alkyl or cyclic N) is 1. The Morgan fingerprint density at radius 3 is 2.67 bits per heavy atom. The number of ether oxygens (including phenoxy) is 1. The maximum absolute atomic E-state index is 10.2. The fourth-order valence-corrected chi connectivity index (χ4v) is 2.78. The molecule has 1 aliphatic rings. The highest BCUT2D eigenvalue weighted by molar-refractivity contribution is 5.28. The van der Waals surface area contributed by atoms with Crippen LogP contribution in [0.1, 0.15) is 11.1 Å². The highest BCUT2D eigenvalue weighted by Gasteiger charge is 2.32. The average Bonchev–Trinajstić information content (AvgIpc) is 2.80. The van der Waals surface area contributed by atoms with Gasteiger partial charge in [-0.1, -0.05) is 42.5 Å². The van der Waals surface area contributed by atoms with Crippen LogP contribution in [0.25, 0.3) is 0 Å². The second kappa shape index (κ2) is 6.29. The molecule has 1 heterocycles. The summed E-state index contributed by atoms with van der Waals surface area (Å²) in [6.07, 6.45) is -0.593. The van der Waals surface area contributed by atoms with Crippen LogP contribution in [0.4, 0.5) is 0 Å². The molecule has 21 heavy (non-hydrogen) atoms. The summed E-state index contributed by atoms with van der Waals surface area (Å²) in [4.78, 5) is 2.24. The van der Waals surface area contributed by atoms with Crippen molar-refractivity contribution in [3.8, 4) is 5.75 Å². The van der Waals surface area contributed by atoms with Crippen molar-refractivity contribution in [3.05, 3.63) is 65.7 Å². The lowest BCUT2D eigenvalue weighted by Crippen LogP contribution is -2.29. The van der Waals surface area contributed by atoms with Crippen LogP contribution in [0.15, 0.2) is 54.6 Å². The first-order valence-corrected chi connectivity index (χ1v) is 7.38. The van der Waals surface area contributed by atoms with E-state index in [0.29, 0.717) is 6.54 Å². The molecule has 1 aliphatic heterocycles. The van der Waals surface area contributed by atoms with Crippen LogP contribution in [-0.4, -0.2) is 35.3 Å². The van der Waals surface area contributed by atoms with Crippen LogP contribution in [0.2, 0.25) is 0 Å². The van der Waals surface area contributed by atoms with E-state index < -0.39 is 6.10 Å². The molecular formula is C18H21NO2. The molecule has 1 N–H and O–H groups in total. The van der Waals surface area contributed by atoms with Crippen molar-refractivity contribution in [1.29, 1.82) is 0 Å². The van der Waals surface area contributed by atoms with Crippen molar-refractivity contribution >= 4 is 0 Å². The van der Waals surface area contributed by atoms with E-state index in [0.717, 1.165) is 18.8 Å². The van der Waals surface area contributed by atoms with Gasteiger partial charge in [-0.05, 0) is 30.2 Å². The molecule has 0 aliphatic carbocycles. The molecule has 110 valence electrons. The van der Waals surface area contributed by atoms with E-state index in [1.807, 2.05) is 49.4 Å². The Balaban J connectivity index is 1.61. The Bertz CT molecular complexity index is 585. The van der Waals surface area contributed by atoms with Gasteiger partial charge in [0.05, 0.1) is 0 Å². The van der Waals surface area contributed by atoms with E-state index in [9.17, 15) is 5.11 Å². The van der Waals surface area contributed by atoms with E-state index in [4.69, 9.17) is 4.74 Å². The summed E-state index contributed by atoms with van der Waals surface area (Å²) in [5.41, 5.74) is 2.43. The second-order valence-electron chi connectivity index (χ2n) is 5.72. The van der Waals surface area contributed by atoms with Gasteiger partial charge < -0.3 is 9.84 Å². The number of rotatable bonds is 4. The minimum absolute atomic E-state index is 0.157. The van der Waals surface area contributed by atoms with E-state index >= 15 is 0 Å². The smallest absolute Gasteiger partial charge is 0.138 e. The standard InChI is InChI=1S/C18H21NO2/c1-14-6-5-9-16(10-14)21-18-13-19(12-17(18)20)11-15-7-3-2-4-8-15/h2-10,17-18,20H,11-13H2,1H3/t17-,18-/m0/s1. The summed E-state index contributed by atoms with van der Waals surface area (Å²) in [6, 6.07) is 18.3. The van der Waals surface area contributed by atoms with Crippen molar-refractivity contribution < 1.29 is 9.84 Å². The quantitative estimate of drug-likeness (QED) is 0.936. The van der Waals surface area contributed by atoms with Gasteiger partial charge in [-0.15, -0.1) is 0 Å². The number of nitrogens with zero attached hydrogens (tertiary/aromatic N) is 1. The summed E-state index contributed by atoms with van der Waals surface area (Å²) in [5.74, 6) is 0.834. The van der Waals surface area contributed by atoms with Crippen LogP contribution < -0.4 is 4.74 Å². The monoisotopic (exact) mass is 283 g/mol. The van der Waals surface area contributed by atoms with Gasteiger partial charge in [-0.3, -0.25) is 4.90 Å². The number of benzene rings is 2. The van der Waals surface area contributed by atoms with E-state index in [1.165, 1.54) is 11.1 Å². The molecule has 3 nitrogen and oxygen atoms in total. The maximum Gasteiger partial charge on any atom is 0.138 e. The molecule has 0 aromatic heterocycles. The number of aryl methyl sites for hydroxylation is 1. The molecule has 0 saturated carbocycles. The molecule has 1 saturated heterocycles.